The minimum atomic E-state index is -0.438. The Morgan fingerprint density at radius 2 is 2.16 bits per heavy atom. The van der Waals surface area contributed by atoms with Crippen molar-refractivity contribution in [2.24, 2.45) is 0 Å². The topological polar surface area (TPSA) is 67.4 Å². The number of ether oxygens (including phenoxy) is 1. The summed E-state index contributed by atoms with van der Waals surface area (Å²) in [6.07, 6.45) is 0. The van der Waals surface area contributed by atoms with Crippen molar-refractivity contribution in [2.75, 3.05) is 6.61 Å². The Bertz CT molecular complexity index is 548. The van der Waals surface area contributed by atoms with Crippen LogP contribution in [0.5, 0.6) is 0 Å². The molecule has 6 heteroatoms. The highest BCUT2D eigenvalue weighted by molar-refractivity contribution is 7.12. The highest BCUT2D eigenvalue weighted by Gasteiger charge is 2.32. The maximum Gasteiger partial charge on any atom is 0.338 e. The number of carbonyl (C=O) groups is 2. The van der Waals surface area contributed by atoms with E-state index in [9.17, 15) is 9.59 Å². The molecule has 1 aromatic heterocycles. The number of hydrogen-bond acceptors (Lipinski definition) is 4. The third-order valence-corrected chi connectivity index (χ3v) is 3.88. The molecule has 102 valence electrons. The summed E-state index contributed by atoms with van der Waals surface area (Å²) in [7, 11) is 0. The minimum absolute atomic E-state index is 0.304. The molecular weight excluding hydrogens is 264 g/mol. The average Bonchev–Trinajstić information content (AvgIpc) is 2.75. The van der Waals surface area contributed by atoms with E-state index in [2.05, 4.69) is 10.6 Å². The fourth-order valence-corrected chi connectivity index (χ4v) is 2.93. The molecule has 19 heavy (non-hydrogen) atoms. The van der Waals surface area contributed by atoms with E-state index in [1.807, 2.05) is 19.1 Å². The molecule has 1 aliphatic heterocycles. The largest absolute Gasteiger partial charge is 0.463 e. The Morgan fingerprint density at radius 1 is 1.42 bits per heavy atom. The first-order chi connectivity index (χ1) is 9.02. The molecule has 0 radical (unpaired) electrons. The molecule has 2 heterocycles. The van der Waals surface area contributed by atoms with Crippen LogP contribution in [0.1, 0.15) is 29.6 Å². The van der Waals surface area contributed by atoms with Gasteiger partial charge in [-0.3, -0.25) is 0 Å². The molecule has 2 N–H and O–H groups in total. The van der Waals surface area contributed by atoms with Gasteiger partial charge < -0.3 is 15.4 Å². The first kappa shape index (κ1) is 13.6. The van der Waals surface area contributed by atoms with E-state index in [0.717, 1.165) is 9.75 Å². The van der Waals surface area contributed by atoms with Gasteiger partial charge >= 0.3 is 12.0 Å². The van der Waals surface area contributed by atoms with E-state index in [0.29, 0.717) is 17.9 Å². The summed E-state index contributed by atoms with van der Waals surface area (Å²) in [6.45, 7) is 5.75. The van der Waals surface area contributed by atoms with Crippen molar-refractivity contribution in [3.05, 3.63) is 33.2 Å². The fourth-order valence-electron chi connectivity index (χ4n) is 2.00. The molecule has 0 unspecified atom stereocenters. The van der Waals surface area contributed by atoms with E-state index < -0.39 is 12.0 Å². The summed E-state index contributed by atoms with van der Waals surface area (Å²) >= 11 is 1.55. The zero-order valence-corrected chi connectivity index (χ0v) is 11.9. The van der Waals surface area contributed by atoms with Crippen LogP contribution in [0.15, 0.2) is 23.4 Å². The fraction of sp³-hybridized carbons (Fsp3) is 0.385. The summed E-state index contributed by atoms with van der Waals surface area (Å²) in [5.74, 6) is -0.399. The Labute approximate surface area is 115 Å². The van der Waals surface area contributed by atoms with Crippen molar-refractivity contribution in [3.63, 3.8) is 0 Å². The first-order valence-electron chi connectivity index (χ1n) is 6.04. The number of nitrogens with one attached hydrogen (secondary N) is 2. The van der Waals surface area contributed by atoms with Crippen LogP contribution in [-0.2, 0) is 9.53 Å². The molecule has 0 aromatic carbocycles. The van der Waals surface area contributed by atoms with Gasteiger partial charge in [-0.05, 0) is 32.9 Å². The predicted molar refractivity (Wildman–Crippen MR) is 72.8 cm³/mol. The number of allylic oxidation sites excluding steroid dienone is 1. The Morgan fingerprint density at radius 3 is 2.74 bits per heavy atom. The molecule has 0 fully saturated rings. The van der Waals surface area contributed by atoms with Crippen LogP contribution >= 0.6 is 11.3 Å². The maximum atomic E-state index is 12.0. The number of urea groups is 1. The molecule has 0 saturated heterocycles. The lowest BCUT2D eigenvalue weighted by atomic mass is 10.0. The van der Waals surface area contributed by atoms with Gasteiger partial charge in [0.25, 0.3) is 0 Å². The zero-order valence-electron chi connectivity index (χ0n) is 11.1. The van der Waals surface area contributed by atoms with E-state index in [1.54, 1.807) is 25.2 Å². The highest BCUT2D eigenvalue weighted by atomic mass is 32.1. The smallest absolute Gasteiger partial charge is 0.338 e. The number of thiophene rings is 1. The SMILES string of the molecule is CCOC(=O)C1=C(C)NC(=O)N[C@H]1c1ccc(C)s1. The summed E-state index contributed by atoms with van der Waals surface area (Å²) in [5.41, 5.74) is 1.00. The van der Waals surface area contributed by atoms with Crippen LogP contribution < -0.4 is 10.6 Å². The highest BCUT2D eigenvalue weighted by Crippen LogP contribution is 2.31. The molecule has 5 nitrogen and oxygen atoms in total. The second kappa shape index (κ2) is 5.44. The van der Waals surface area contributed by atoms with Crippen LogP contribution in [0.2, 0.25) is 0 Å². The minimum Gasteiger partial charge on any atom is -0.463 e. The zero-order chi connectivity index (χ0) is 14.0. The van der Waals surface area contributed by atoms with Crippen LogP contribution in [0.4, 0.5) is 4.79 Å². The number of rotatable bonds is 3. The van der Waals surface area contributed by atoms with E-state index in [1.165, 1.54) is 0 Å². The Kier molecular flexibility index (Phi) is 3.90. The molecule has 1 aliphatic rings. The average molecular weight is 280 g/mol. The van der Waals surface area contributed by atoms with Gasteiger partial charge in [-0.25, -0.2) is 9.59 Å². The lowest BCUT2D eigenvalue weighted by molar-refractivity contribution is -0.139. The molecule has 2 rings (SSSR count). The standard InChI is InChI=1S/C13H16N2O3S/c1-4-18-12(16)10-8(3)14-13(17)15-11(10)9-6-5-7(2)19-9/h5-6,11H,4H2,1-3H3,(H2,14,15,17)/t11-/m0/s1. The normalized spacial score (nSPS) is 18.9. The quantitative estimate of drug-likeness (QED) is 0.834. The van der Waals surface area contributed by atoms with Gasteiger partial charge in [0, 0.05) is 15.5 Å². The Balaban J connectivity index is 2.40. The monoisotopic (exact) mass is 280 g/mol. The van der Waals surface area contributed by atoms with Crippen molar-refractivity contribution in [1.82, 2.24) is 10.6 Å². The Hall–Kier alpha value is -1.82. The van der Waals surface area contributed by atoms with E-state index in [4.69, 9.17) is 4.74 Å². The first-order valence-corrected chi connectivity index (χ1v) is 6.86. The lowest BCUT2D eigenvalue weighted by Gasteiger charge is -2.27. The molecular formula is C13H16N2O3S. The summed E-state index contributed by atoms with van der Waals surface area (Å²) in [4.78, 5) is 25.7. The summed E-state index contributed by atoms with van der Waals surface area (Å²) in [5, 5.41) is 5.38. The van der Waals surface area contributed by atoms with Gasteiger partial charge in [-0.2, -0.15) is 0 Å². The van der Waals surface area contributed by atoms with Crippen molar-refractivity contribution in [3.8, 4) is 0 Å². The molecule has 0 spiro atoms. The van der Waals surface area contributed by atoms with Crippen LogP contribution in [-0.4, -0.2) is 18.6 Å². The van der Waals surface area contributed by atoms with E-state index in [-0.39, 0.29) is 6.03 Å². The van der Waals surface area contributed by atoms with Crippen molar-refractivity contribution in [1.29, 1.82) is 0 Å². The second-order valence-electron chi connectivity index (χ2n) is 4.24. The van der Waals surface area contributed by atoms with Gasteiger partial charge in [0.05, 0.1) is 18.2 Å². The number of carbonyl (C=O) groups excluding carboxylic acids is 2. The number of amides is 2. The summed E-state index contributed by atoms with van der Waals surface area (Å²) in [6, 6.07) is 3.14. The molecule has 1 atom stereocenters. The van der Waals surface area contributed by atoms with Gasteiger partial charge in [0.2, 0.25) is 0 Å². The molecule has 2 amide bonds. The van der Waals surface area contributed by atoms with E-state index >= 15 is 0 Å². The van der Waals surface area contributed by atoms with Crippen molar-refractivity contribution in [2.45, 2.75) is 26.8 Å². The van der Waals surface area contributed by atoms with Gasteiger partial charge in [0.1, 0.15) is 0 Å². The third-order valence-electron chi connectivity index (χ3n) is 2.81. The molecule has 1 aromatic rings. The molecule has 0 bridgehead atoms. The maximum absolute atomic E-state index is 12.0. The lowest BCUT2D eigenvalue weighted by Crippen LogP contribution is -2.45. The second-order valence-corrected chi connectivity index (χ2v) is 5.56. The van der Waals surface area contributed by atoms with Crippen LogP contribution in [0.3, 0.4) is 0 Å². The van der Waals surface area contributed by atoms with Crippen molar-refractivity contribution >= 4 is 23.3 Å². The van der Waals surface area contributed by atoms with Crippen LogP contribution in [0, 0.1) is 6.92 Å². The van der Waals surface area contributed by atoms with Gasteiger partial charge in [-0.1, -0.05) is 0 Å². The number of aryl methyl sites for hydroxylation is 1. The third kappa shape index (κ3) is 2.78. The van der Waals surface area contributed by atoms with Gasteiger partial charge in [0.15, 0.2) is 0 Å². The van der Waals surface area contributed by atoms with Crippen molar-refractivity contribution < 1.29 is 14.3 Å². The molecule has 0 saturated carbocycles. The predicted octanol–water partition coefficient (Wildman–Crippen LogP) is 2.25. The number of hydrogen-bond donors (Lipinski definition) is 2. The van der Waals surface area contributed by atoms with Gasteiger partial charge in [-0.15, -0.1) is 11.3 Å². The van der Waals surface area contributed by atoms with Crippen LogP contribution in [0.25, 0.3) is 0 Å². The summed E-state index contributed by atoms with van der Waals surface area (Å²) < 4.78 is 5.06. The number of esters is 1. The molecule has 0 aliphatic carbocycles.